The average molecular weight is 362 g/mol. The Balaban J connectivity index is 2.15. The molecule has 0 bridgehead atoms. The van der Waals surface area contributed by atoms with E-state index in [1.165, 1.54) is 44.6 Å². The van der Waals surface area contributed by atoms with Gasteiger partial charge in [0.25, 0.3) is 11.8 Å². The van der Waals surface area contributed by atoms with Crippen molar-refractivity contribution in [2.75, 3.05) is 19.1 Å². The molecule has 0 aromatic heterocycles. The van der Waals surface area contributed by atoms with E-state index in [2.05, 4.69) is 0 Å². The van der Waals surface area contributed by atoms with E-state index in [1.54, 1.807) is 0 Å². The highest BCUT2D eigenvalue weighted by Gasteiger charge is 2.39. The van der Waals surface area contributed by atoms with Crippen LogP contribution < -0.4 is 14.4 Å². The molecule has 128 valence electrons. The highest BCUT2D eigenvalue weighted by Crippen LogP contribution is 2.41. The van der Waals surface area contributed by atoms with Crippen LogP contribution in [-0.2, 0) is 0 Å². The largest absolute Gasteiger partial charge is 0.495 e. The van der Waals surface area contributed by atoms with Crippen molar-refractivity contribution in [3.05, 3.63) is 52.0 Å². The van der Waals surface area contributed by atoms with Crippen LogP contribution in [0, 0.1) is 0 Å². The Morgan fingerprint density at radius 1 is 1.00 bits per heavy atom. The highest BCUT2D eigenvalue weighted by molar-refractivity contribution is 6.36. The molecule has 0 spiro atoms. The van der Waals surface area contributed by atoms with Gasteiger partial charge in [-0.25, -0.2) is 9.69 Å². The van der Waals surface area contributed by atoms with E-state index < -0.39 is 17.8 Å². The lowest BCUT2D eigenvalue weighted by Gasteiger charge is -2.19. The van der Waals surface area contributed by atoms with E-state index in [0.29, 0.717) is 0 Å². The van der Waals surface area contributed by atoms with E-state index in [1.807, 2.05) is 0 Å². The van der Waals surface area contributed by atoms with Gasteiger partial charge < -0.3 is 14.6 Å². The lowest BCUT2D eigenvalue weighted by Crippen LogP contribution is -2.29. The van der Waals surface area contributed by atoms with Gasteiger partial charge in [0.15, 0.2) is 0 Å². The van der Waals surface area contributed by atoms with Crippen LogP contribution in [0.1, 0.15) is 31.1 Å². The smallest absolute Gasteiger partial charge is 0.335 e. The number of nitrogens with zero attached hydrogens (tertiary/aromatic N) is 1. The molecule has 0 saturated heterocycles. The first-order valence-electron chi connectivity index (χ1n) is 7.06. The highest BCUT2D eigenvalue weighted by atomic mass is 35.5. The Bertz CT molecular complexity index is 924. The monoisotopic (exact) mass is 361 g/mol. The number of imide groups is 1. The minimum absolute atomic E-state index is 0.0147. The number of hydrogen-bond acceptors (Lipinski definition) is 5. The maximum Gasteiger partial charge on any atom is 0.335 e. The number of fused-ring (bicyclic) bond motifs is 1. The number of methoxy groups -OCH3 is 2. The van der Waals surface area contributed by atoms with Gasteiger partial charge in [0.2, 0.25) is 0 Å². The number of aromatic carboxylic acids is 1. The predicted molar refractivity (Wildman–Crippen MR) is 89.1 cm³/mol. The maximum atomic E-state index is 12.7. The molecule has 2 aromatic carbocycles. The molecule has 0 fully saturated rings. The summed E-state index contributed by atoms with van der Waals surface area (Å²) in [6, 6.07) is 6.62. The summed E-state index contributed by atoms with van der Waals surface area (Å²) in [5.41, 5.74) is 0.209. The summed E-state index contributed by atoms with van der Waals surface area (Å²) in [5, 5.41) is 9.33. The zero-order valence-corrected chi connectivity index (χ0v) is 14.0. The number of carbonyl (C=O) groups excluding carboxylic acids is 2. The predicted octanol–water partition coefficient (Wildman–Crippen LogP) is 2.86. The fourth-order valence-corrected chi connectivity index (χ4v) is 2.84. The Hall–Kier alpha value is -3.06. The molecule has 25 heavy (non-hydrogen) atoms. The van der Waals surface area contributed by atoms with Crippen LogP contribution in [0.25, 0.3) is 0 Å². The second-order valence-electron chi connectivity index (χ2n) is 5.17. The van der Waals surface area contributed by atoms with Crippen LogP contribution in [0.5, 0.6) is 11.5 Å². The van der Waals surface area contributed by atoms with Gasteiger partial charge in [-0.1, -0.05) is 11.6 Å². The SMILES string of the molecule is COc1cc(N2C(=O)c3ccc(C(=O)O)cc3C2=O)c(OC)cc1Cl. The number of carboxylic acids is 1. The number of hydrogen-bond donors (Lipinski definition) is 1. The third kappa shape index (κ3) is 2.58. The fraction of sp³-hybridized carbons (Fsp3) is 0.118. The number of amides is 2. The van der Waals surface area contributed by atoms with Gasteiger partial charge in [-0.05, 0) is 18.2 Å². The first kappa shape index (κ1) is 16.8. The van der Waals surface area contributed by atoms with Crippen molar-refractivity contribution < 1.29 is 29.0 Å². The molecule has 2 amide bonds. The normalized spacial score (nSPS) is 13.0. The van der Waals surface area contributed by atoms with E-state index in [4.69, 9.17) is 26.2 Å². The van der Waals surface area contributed by atoms with Crippen LogP contribution in [0.4, 0.5) is 5.69 Å². The molecule has 7 nitrogen and oxygen atoms in total. The second kappa shape index (κ2) is 6.10. The molecule has 3 rings (SSSR count). The van der Waals surface area contributed by atoms with Crippen molar-refractivity contribution >= 4 is 35.1 Å². The molecule has 0 aliphatic carbocycles. The van der Waals surface area contributed by atoms with Crippen LogP contribution in [0.15, 0.2) is 30.3 Å². The molecular weight excluding hydrogens is 350 g/mol. The van der Waals surface area contributed by atoms with Gasteiger partial charge in [-0.2, -0.15) is 0 Å². The number of benzene rings is 2. The van der Waals surface area contributed by atoms with Crippen molar-refractivity contribution in [1.82, 2.24) is 0 Å². The molecule has 1 N–H and O–H groups in total. The van der Waals surface area contributed by atoms with Gasteiger partial charge in [0.1, 0.15) is 11.5 Å². The second-order valence-corrected chi connectivity index (χ2v) is 5.58. The summed E-state index contributed by atoms with van der Waals surface area (Å²) < 4.78 is 10.3. The van der Waals surface area contributed by atoms with E-state index in [-0.39, 0.29) is 38.9 Å². The van der Waals surface area contributed by atoms with Crippen molar-refractivity contribution in [1.29, 1.82) is 0 Å². The van der Waals surface area contributed by atoms with Crippen molar-refractivity contribution in [3.63, 3.8) is 0 Å². The van der Waals surface area contributed by atoms with Crippen molar-refractivity contribution in [2.24, 2.45) is 0 Å². The topological polar surface area (TPSA) is 93.1 Å². The Morgan fingerprint density at radius 2 is 1.64 bits per heavy atom. The molecule has 0 unspecified atom stereocenters. The summed E-state index contributed by atoms with van der Waals surface area (Å²) in [6.45, 7) is 0. The standard InChI is InChI=1S/C17H12ClNO6/c1-24-13-7-12(14(25-2)6-11(13)18)19-15(20)9-4-3-8(17(22)23)5-10(9)16(19)21/h3-7H,1-2H3,(H,22,23). The van der Waals surface area contributed by atoms with E-state index >= 15 is 0 Å². The van der Waals surface area contributed by atoms with Crippen LogP contribution >= 0.6 is 11.6 Å². The first-order valence-corrected chi connectivity index (χ1v) is 7.44. The summed E-state index contributed by atoms with van der Waals surface area (Å²) in [5.74, 6) is -1.95. The molecular formula is C17H12ClNO6. The number of ether oxygens (including phenoxy) is 2. The number of halogens is 1. The quantitative estimate of drug-likeness (QED) is 0.842. The summed E-state index contributed by atoms with van der Waals surface area (Å²) in [7, 11) is 2.78. The molecule has 0 radical (unpaired) electrons. The lowest BCUT2D eigenvalue weighted by atomic mass is 10.1. The first-order chi connectivity index (χ1) is 11.9. The van der Waals surface area contributed by atoms with Gasteiger partial charge in [-0.15, -0.1) is 0 Å². The maximum absolute atomic E-state index is 12.7. The lowest BCUT2D eigenvalue weighted by molar-refractivity contribution is 0.0696. The minimum Gasteiger partial charge on any atom is -0.495 e. The molecule has 2 aromatic rings. The van der Waals surface area contributed by atoms with Crippen molar-refractivity contribution in [3.8, 4) is 11.5 Å². The Kier molecular flexibility index (Phi) is 4.10. The molecule has 8 heteroatoms. The van der Waals surface area contributed by atoms with Crippen LogP contribution in [0.2, 0.25) is 5.02 Å². The molecule has 0 saturated carbocycles. The number of carbonyl (C=O) groups is 3. The van der Waals surface area contributed by atoms with Crippen LogP contribution in [-0.4, -0.2) is 37.1 Å². The molecule has 1 heterocycles. The third-order valence-corrected chi connectivity index (χ3v) is 4.12. The number of anilines is 1. The minimum atomic E-state index is -1.19. The summed E-state index contributed by atoms with van der Waals surface area (Å²) in [6.07, 6.45) is 0. The summed E-state index contributed by atoms with van der Waals surface area (Å²) in [4.78, 5) is 37.4. The Labute approximate surface area is 147 Å². The third-order valence-electron chi connectivity index (χ3n) is 3.83. The fourth-order valence-electron chi connectivity index (χ4n) is 2.61. The van der Waals surface area contributed by atoms with Crippen LogP contribution in [0.3, 0.4) is 0 Å². The molecule has 1 aliphatic heterocycles. The molecule has 0 atom stereocenters. The zero-order chi connectivity index (χ0) is 18.3. The number of carboxylic acid groups (broad SMARTS) is 1. The average Bonchev–Trinajstić information content (AvgIpc) is 2.85. The van der Waals surface area contributed by atoms with E-state index in [0.717, 1.165) is 4.90 Å². The van der Waals surface area contributed by atoms with Gasteiger partial charge in [0.05, 0.1) is 41.6 Å². The van der Waals surface area contributed by atoms with Gasteiger partial charge in [0, 0.05) is 12.1 Å². The molecule has 1 aliphatic rings. The zero-order valence-electron chi connectivity index (χ0n) is 13.2. The number of rotatable bonds is 4. The van der Waals surface area contributed by atoms with Crippen molar-refractivity contribution in [2.45, 2.75) is 0 Å². The summed E-state index contributed by atoms with van der Waals surface area (Å²) >= 11 is 6.05. The van der Waals surface area contributed by atoms with Gasteiger partial charge >= 0.3 is 5.97 Å². The van der Waals surface area contributed by atoms with Gasteiger partial charge in [-0.3, -0.25) is 9.59 Å². The van der Waals surface area contributed by atoms with E-state index in [9.17, 15) is 14.4 Å². The Morgan fingerprint density at radius 3 is 2.24 bits per heavy atom.